The highest BCUT2D eigenvalue weighted by Gasteiger charge is 2.37. The molecule has 1 saturated carbocycles. The minimum atomic E-state index is 0.167. The molecule has 21 heavy (non-hydrogen) atoms. The molecule has 3 atom stereocenters. The zero-order valence-electron chi connectivity index (χ0n) is 13.0. The number of amides is 1. The van der Waals surface area contributed by atoms with Crippen LogP contribution in [0, 0.1) is 12.8 Å². The first-order valence-electron chi connectivity index (χ1n) is 8.43. The van der Waals surface area contributed by atoms with E-state index < -0.39 is 0 Å². The minimum absolute atomic E-state index is 0.167. The van der Waals surface area contributed by atoms with Crippen LogP contribution in [0.15, 0.2) is 24.3 Å². The molecule has 1 aliphatic heterocycles. The van der Waals surface area contributed by atoms with Crippen molar-refractivity contribution in [2.45, 2.75) is 51.5 Å². The molecule has 1 aromatic carbocycles. The van der Waals surface area contributed by atoms with E-state index in [2.05, 4.69) is 12.2 Å². The molecule has 0 spiro atoms. The van der Waals surface area contributed by atoms with Crippen LogP contribution in [-0.4, -0.2) is 25.0 Å². The Balaban J connectivity index is 1.57. The highest BCUT2D eigenvalue weighted by Crippen LogP contribution is 2.28. The summed E-state index contributed by atoms with van der Waals surface area (Å²) in [6.07, 6.45) is 8.11. The van der Waals surface area contributed by atoms with E-state index in [-0.39, 0.29) is 5.91 Å². The SMILES string of the molecule is Cc1ccc(NC(=O)C[NH+]2CCC[C@H]3CCCC[C@@H]32)cc1. The van der Waals surface area contributed by atoms with Crippen molar-refractivity contribution in [2.24, 2.45) is 5.92 Å². The molecule has 2 fully saturated rings. The van der Waals surface area contributed by atoms with Gasteiger partial charge in [-0.2, -0.15) is 0 Å². The summed E-state index contributed by atoms with van der Waals surface area (Å²) in [5.41, 5.74) is 2.14. The molecule has 3 rings (SSSR count). The third-order valence-corrected chi connectivity index (χ3v) is 5.23. The van der Waals surface area contributed by atoms with E-state index in [1.807, 2.05) is 24.3 Å². The van der Waals surface area contributed by atoms with Crippen molar-refractivity contribution in [3.05, 3.63) is 29.8 Å². The van der Waals surface area contributed by atoms with Gasteiger partial charge in [0.1, 0.15) is 0 Å². The number of hydrogen-bond donors (Lipinski definition) is 2. The highest BCUT2D eigenvalue weighted by molar-refractivity contribution is 5.91. The van der Waals surface area contributed by atoms with Gasteiger partial charge in [0.2, 0.25) is 0 Å². The van der Waals surface area contributed by atoms with Crippen LogP contribution in [0.4, 0.5) is 5.69 Å². The first-order valence-corrected chi connectivity index (χ1v) is 8.43. The molecule has 3 heteroatoms. The zero-order chi connectivity index (χ0) is 14.7. The lowest BCUT2D eigenvalue weighted by Gasteiger charge is -2.40. The number of piperidine rings is 1. The van der Waals surface area contributed by atoms with Crippen LogP contribution in [0.2, 0.25) is 0 Å². The lowest BCUT2D eigenvalue weighted by atomic mass is 9.78. The number of quaternary nitrogens is 1. The van der Waals surface area contributed by atoms with Crippen LogP contribution < -0.4 is 10.2 Å². The largest absolute Gasteiger partial charge is 0.324 e. The summed E-state index contributed by atoms with van der Waals surface area (Å²) in [5.74, 6) is 1.04. The van der Waals surface area contributed by atoms with Gasteiger partial charge in [0, 0.05) is 11.6 Å². The topological polar surface area (TPSA) is 33.5 Å². The second-order valence-electron chi connectivity index (χ2n) is 6.79. The van der Waals surface area contributed by atoms with Crippen LogP contribution in [0.25, 0.3) is 0 Å². The van der Waals surface area contributed by atoms with Gasteiger partial charge in [-0.1, -0.05) is 24.1 Å². The molecule has 1 amide bonds. The zero-order valence-corrected chi connectivity index (χ0v) is 13.0. The van der Waals surface area contributed by atoms with Crippen molar-refractivity contribution >= 4 is 11.6 Å². The van der Waals surface area contributed by atoms with E-state index in [0.29, 0.717) is 6.54 Å². The molecule has 1 aliphatic carbocycles. The number of benzene rings is 1. The number of nitrogens with one attached hydrogen (secondary N) is 2. The summed E-state index contributed by atoms with van der Waals surface area (Å²) in [4.78, 5) is 13.8. The van der Waals surface area contributed by atoms with Gasteiger partial charge in [-0.3, -0.25) is 4.79 Å². The maximum atomic E-state index is 12.3. The third kappa shape index (κ3) is 3.65. The molecule has 1 heterocycles. The molecular weight excluding hydrogens is 260 g/mol. The Labute approximate surface area is 127 Å². The first kappa shape index (κ1) is 14.6. The number of anilines is 1. The molecule has 2 aliphatic rings. The van der Waals surface area contributed by atoms with Crippen molar-refractivity contribution in [1.82, 2.24) is 0 Å². The Hall–Kier alpha value is -1.35. The minimum Gasteiger partial charge on any atom is -0.324 e. The summed E-state index contributed by atoms with van der Waals surface area (Å²) in [5, 5.41) is 3.05. The Morgan fingerprint density at radius 3 is 2.67 bits per heavy atom. The van der Waals surface area contributed by atoms with Crippen LogP contribution in [-0.2, 0) is 4.79 Å². The van der Waals surface area contributed by atoms with Crippen molar-refractivity contribution < 1.29 is 9.69 Å². The van der Waals surface area contributed by atoms with Gasteiger partial charge in [-0.25, -0.2) is 0 Å². The highest BCUT2D eigenvalue weighted by atomic mass is 16.2. The number of carbonyl (C=O) groups is 1. The molecule has 0 aromatic heterocycles. The molecule has 1 unspecified atom stereocenters. The standard InChI is InChI=1S/C18H26N2O/c1-14-8-10-16(11-9-14)19-18(21)13-20-12-4-6-15-5-2-3-7-17(15)20/h8-11,15,17H,2-7,12-13H2,1H3,(H,19,21)/p+1/t15-,17+/m1/s1. The number of carbonyl (C=O) groups excluding carboxylic acids is 1. The summed E-state index contributed by atoms with van der Waals surface area (Å²) >= 11 is 0. The van der Waals surface area contributed by atoms with Gasteiger partial charge >= 0.3 is 0 Å². The summed E-state index contributed by atoms with van der Waals surface area (Å²) in [6.45, 7) is 3.87. The maximum absolute atomic E-state index is 12.3. The lowest BCUT2D eigenvalue weighted by molar-refractivity contribution is -0.928. The number of likely N-dealkylation sites (tertiary alicyclic amines) is 1. The van der Waals surface area contributed by atoms with Crippen molar-refractivity contribution in [3.63, 3.8) is 0 Å². The molecule has 1 saturated heterocycles. The van der Waals surface area contributed by atoms with Crippen LogP contribution in [0.1, 0.15) is 44.1 Å². The van der Waals surface area contributed by atoms with Gasteiger partial charge in [0.15, 0.2) is 6.54 Å². The number of rotatable bonds is 3. The fourth-order valence-corrected chi connectivity index (χ4v) is 4.14. The van der Waals surface area contributed by atoms with E-state index in [1.165, 1.54) is 55.5 Å². The van der Waals surface area contributed by atoms with Crippen LogP contribution in [0.5, 0.6) is 0 Å². The Kier molecular flexibility index (Phi) is 4.59. The maximum Gasteiger partial charge on any atom is 0.279 e. The second-order valence-corrected chi connectivity index (χ2v) is 6.79. The smallest absolute Gasteiger partial charge is 0.279 e. The molecule has 114 valence electrons. The molecule has 3 nitrogen and oxygen atoms in total. The van der Waals surface area contributed by atoms with Crippen molar-refractivity contribution in [2.75, 3.05) is 18.4 Å². The average molecular weight is 287 g/mol. The fraction of sp³-hybridized carbons (Fsp3) is 0.611. The van der Waals surface area contributed by atoms with E-state index in [4.69, 9.17) is 0 Å². The number of aryl methyl sites for hydroxylation is 1. The van der Waals surface area contributed by atoms with E-state index in [1.54, 1.807) is 0 Å². The van der Waals surface area contributed by atoms with Crippen molar-refractivity contribution in [1.29, 1.82) is 0 Å². The van der Waals surface area contributed by atoms with E-state index in [0.717, 1.165) is 17.6 Å². The van der Waals surface area contributed by atoms with Crippen molar-refractivity contribution in [3.8, 4) is 0 Å². The van der Waals surface area contributed by atoms with E-state index in [9.17, 15) is 4.79 Å². The molecule has 2 N–H and O–H groups in total. The van der Waals surface area contributed by atoms with Gasteiger partial charge in [-0.15, -0.1) is 0 Å². The number of hydrogen-bond acceptors (Lipinski definition) is 1. The van der Waals surface area contributed by atoms with Gasteiger partial charge in [-0.05, 0) is 51.2 Å². The molecule has 1 aromatic rings. The van der Waals surface area contributed by atoms with Gasteiger partial charge in [0.05, 0.1) is 12.6 Å². The molecular formula is C18H27N2O+. The fourth-order valence-electron chi connectivity index (χ4n) is 4.14. The summed E-state index contributed by atoms with van der Waals surface area (Å²) in [6, 6.07) is 8.79. The Bertz CT molecular complexity index is 480. The first-order chi connectivity index (χ1) is 10.2. The Morgan fingerprint density at radius 1 is 1.14 bits per heavy atom. The quantitative estimate of drug-likeness (QED) is 0.878. The predicted molar refractivity (Wildman–Crippen MR) is 85.5 cm³/mol. The lowest BCUT2D eigenvalue weighted by Crippen LogP contribution is -3.18. The Morgan fingerprint density at radius 2 is 1.86 bits per heavy atom. The van der Waals surface area contributed by atoms with E-state index >= 15 is 0 Å². The number of fused-ring (bicyclic) bond motifs is 1. The molecule has 0 radical (unpaired) electrons. The summed E-state index contributed by atoms with van der Waals surface area (Å²) in [7, 11) is 0. The van der Waals surface area contributed by atoms with Crippen LogP contribution in [0.3, 0.4) is 0 Å². The average Bonchev–Trinajstić information content (AvgIpc) is 2.50. The monoisotopic (exact) mass is 287 g/mol. The second kappa shape index (κ2) is 6.61. The van der Waals surface area contributed by atoms with Crippen LogP contribution >= 0.6 is 0 Å². The van der Waals surface area contributed by atoms with Gasteiger partial charge < -0.3 is 10.2 Å². The predicted octanol–water partition coefficient (Wildman–Crippen LogP) is 2.17. The van der Waals surface area contributed by atoms with Gasteiger partial charge in [0.25, 0.3) is 5.91 Å². The normalized spacial score (nSPS) is 28.7. The third-order valence-electron chi connectivity index (χ3n) is 5.23. The molecule has 0 bridgehead atoms. The summed E-state index contributed by atoms with van der Waals surface area (Å²) < 4.78 is 0.